The van der Waals surface area contributed by atoms with Gasteiger partial charge in [-0.05, 0) is 6.07 Å². The van der Waals surface area contributed by atoms with Gasteiger partial charge in [0, 0.05) is 5.56 Å². The molecule has 1 rings (SSSR count). The molecule has 0 amide bonds. The molecule has 0 bridgehead atoms. The first-order valence-corrected chi connectivity index (χ1v) is 6.47. The minimum Gasteiger partial charge on any atom is -0.496 e. The first-order valence-electron chi connectivity index (χ1n) is 6.47. The first-order chi connectivity index (χ1) is 10.5. The molecule has 1 aromatic carbocycles. The van der Waals surface area contributed by atoms with E-state index in [-0.39, 0.29) is 6.42 Å². The molecule has 1 aromatic rings. The topological polar surface area (TPSA) is 88.1 Å². The molecule has 0 spiro atoms. The van der Waals surface area contributed by atoms with E-state index in [1.807, 2.05) is 0 Å². The van der Waals surface area contributed by atoms with Crippen molar-refractivity contribution < 1.29 is 33.3 Å². The lowest BCUT2D eigenvalue weighted by Crippen LogP contribution is -2.31. The normalized spacial score (nSPS) is 11.2. The second-order valence-electron chi connectivity index (χ2n) is 4.27. The van der Waals surface area contributed by atoms with Crippen LogP contribution in [-0.4, -0.2) is 45.3 Å². The molecule has 22 heavy (non-hydrogen) atoms. The minimum atomic E-state index is -1.33. The number of para-hydroxylation sites is 1. The highest BCUT2D eigenvalue weighted by atomic mass is 16.6. The van der Waals surface area contributed by atoms with E-state index in [4.69, 9.17) is 9.47 Å². The average molecular weight is 310 g/mol. The first kappa shape index (κ1) is 17.5. The van der Waals surface area contributed by atoms with Crippen LogP contribution in [0.15, 0.2) is 24.3 Å². The molecule has 7 nitrogen and oxygen atoms in total. The summed E-state index contributed by atoms with van der Waals surface area (Å²) in [5.41, 5.74) is 0.608. The van der Waals surface area contributed by atoms with E-state index in [0.29, 0.717) is 11.3 Å². The largest absolute Gasteiger partial charge is 0.496 e. The zero-order valence-electron chi connectivity index (χ0n) is 12.7. The fourth-order valence-corrected chi connectivity index (χ4v) is 1.74. The Bertz CT molecular complexity index is 538. The Morgan fingerprint density at radius 3 is 2.27 bits per heavy atom. The molecule has 0 radical (unpaired) electrons. The van der Waals surface area contributed by atoms with Crippen LogP contribution in [0.1, 0.15) is 12.0 Å². The Morgan fingerprint density at radius 1 is 1.00 bits per heavy atom. The predicted octanol–water partition coefficient (Wildman–Crippen LogP) is 0.886. The number of carbonyl (C=O) groups excluding carboxylic acids is 3. The molecule has 120 valence electrons. The number of hydrogen-bond acceptors (Lipinski definition) is 7. The van der Waals surface area contributed by atoms with Crippen LogP contribution in [-0.2, 0) is 35.0 Å². The fourth-order valence-electron chi connectivity index (χ4n) is 1.74. The van der Waals surface area contributed by atoms with E-state index >= 15 is 0 Å². The van der Waals surface area contributed by atoms with Crippen molar-refractivity contribution in [2.45, 2.75) is 18.9 Å². The monoisotopic (exact) mass is 310 g/mol. The zero-order valence-corrected chi connectivity index (χ0v) is 12.7. The van der Waals surface area contributed by atoms with Crippen molar-refractivity contribution in [1.82, 2.24) is 0 Å². The molecule has 0 aliphatic heterocycles. The molecular weight excluding hydrogens is 292 g/mol. The van der Waals surface area contributed by atoms with Gasteiger partial charge in [-0.1, -0.05) is 18.2 Å². The number of esters is 3. The third-order valence-corrected chi connectivity index (χ3v) is 2.84. The van der Waals surface area contributed by atoms with E-state index in [2.05, 4.69) is 9.47 Å². The lowest BCUT2D eigenvalue weighted by atomic mass is 10.1. The highest BCUT2D eigenvalue weighted by Gasteiger charge is 2.27. The van der Waals surface area contributed by atoms with E-state index < -0.39 is 30.4 Å². The van der Waals surface area contributed by atoms with Crippen LogP contribution in [0.25, 0.3) is 0 Å². The standard InChI is InChI=1S/C15H18O7/c1-19-11-7-5-4-6-10(11)8-14(17)22-12(15(18)21-3)9-13(16)20-2/h4-7,12H,8-9H2,1-3H3/t12-/m1/s1. The van der Waals surface area contributed by atoms with Crippen LogP contribution in [0.3, 0.4) is 0 Å². The van der Waals surface area contributed by atoms with Gasteiger partial charge >= 0.3 is 17.9 Å². The Morgan fingerprint density at radius 2 is 1.68 bits per heavy atom. The summed E-state index contributed by atoms with van der Waals surface area (Å²) in [4.78, 5) is 34.7. The number of ether oxygens (including phenoxy) is 4. The zero-order chi connectivity index (χ0) is 16.5. The second kappa shape index (κ2) is 8.66. The fraction of sp³-hybridized carbons (Fsp3) is 0.400. The highest BCUT2D eigenvalue weighted by molar-refractivity contribution is 5.85. The van der Waals surface area contributed by atoms with E-state index in [1.165, 1.54) is 14.2 Å². The molecule has 0 aromatic heterocycles. The van der Waals surface area contributed by atoms with Crippen molar-refractivity contribution in [3.63, 3.8) is 0 Å². The quantitative estimate of drug-likeness (QED) is 0.545. The maximum absolute atomic E-state index is 11.9. The Kier molecular flexibility index (Phi) is 6.88. The molecule has 0 saturated heterocycles. The van der Waals surface area contributed by atoms with Gasteiger partial charge in [0.1, 0.15) is 5.75 Å². The van der Waals surface area contributed by atoms with Crippen molar-refractivity contribution in [3.05, 3.63) is 29.8 Å². The molecule has 7 heteroatoms. The van der Waals surface area contributed by atoms with E-state index in [1.54, 1.807) is 24.3 Å². The van der Waals surface area contributed by atoms with Crippen LogP contribution >= 0.6 is 0 Å². The summed E-state index contributed by atoms with van der Waals surface area (Å²) in [6.07, 6.45) is -1.83. The van der Waals surface area contributed by atoms with Crippen molar-refractivity contribution in [3.8, 4) is 5.75 Å². The number of methoxy groups -OCH3 is 3. The lowest BCUT2D eigenvalue weighted by Gasteiger charge is -2.15. The molecule has 0 saturated carbocycles. The van der Waals surface area contributed by atoms with Gasteiger partial charge in [0.15, 0.2) is 0 Å². The Labute approximate surface area is 128 Å². The highest BCUT2D eigenvalue weighted by Crippen LogP contribution is 2.18. The van der Waals surface area contributed by atoms with Gasteiger partial charge in [0.25, 0.3) is 0 Å². The molecule has 1 atom stereocenters. The maximum Gasteiger partial charge on any atom is 0.347 e. The van der Waals surface area contributed by atoms with Crippen LogP contribution < -0.4 is 4.74 Å². The smallest absolute Gasteiger partial charge is 0.347 e. The van der Waals surface area contributed by atoms with Gasteiger partial charge in [0.2, 0.25) is 6.10 Å². The van der Waals surface area contributed by atoms with Gasteiger partial charge < -0.3 is 18.9 Å². The van der Waals surface area contributed by atoms with Gasteiger partial charge in [0.05, 0.1) is 34.2 Å². The van der Waals surface area contributed by atoms with Gasteiger partial charge in [-0.3, -0.25) is 9.59 Å². The van der Waals surface area contributed by atoms with Crippen molar-refractivity contribution in [1.29, 1.82) is 0 Å². The Hall–Kier alpha value is -2.57. The average Bonchev–Trinajstić information content (AvgIpc) is 2.53. The summed E-state index contributed by atoms with van der Waals surface area (Å²) >= 11 is 0. The number of hydrogen-bond donors (Lipinski definition) is 0. The number of carbonyl (C=O) groups is 3. The van der Waals surface area contributed by atoms with Gasteiger partial charge in [-0.15, -0.1) is 0 Å². The van der Waals surface area contributed by atoms with E-state index in [0.717, 1.165) is 7.11 Å². The SMILES string of the molecule is COC(=O)C[C@@H](OC(=O)Cc1ccccc1OC)C(=O)OC. The maximum atomic E-state index is 11.9. The minimum absolute atomic E-state index is 0.0985. The summed E-state index contributed by atoms with van der Waals surface area (Å²) in [7, 11) is 3.80. The predicted molar refractivity (Wildman–Crippen MR) is 75.2 cm³/mol. The van der Waals surface area contributed by atoms with Crippen LogP contribution in [0.2, 0.25) is 0 Å². The molecular formula is C15H18O7. The van der Waals surface area contributed by atoms with Crippen molar-refractivity contribution >= 4 is 17.9 Å². The third kappa shape index (κ3) is 5.08. The Balaban J connectivity index is 2.74. The summed E-state index contributed by atoms with van der Waals surface area (Å²) in [6, 6.07) is 6.92. The summed E-state index contributed by atoms with van der Waals surface area (Å²) in [5.74, 6) is -1.65. The lowest BCUT2D eigenvalue weighted by molar-refractivity contribution is -0.169. The van der Waals surface area contributed by atoms with Crippen molar-refractivity contribution in [2.75, 3.05) is 21.3 Å². The molecule has 0 aliphatic rings. The molecule has 0 fully saturated rings. The van der Waals surface area contributed by atoms with Crippen molar-refractivity contribution in [2.24, 2.45) is 0 Å². The molecule has 0 N–H and O–H groups in total. The van der Waals surface area contributed by atoms with Gasteiger partial charge in [-0.2, -0.15) is 0 Å². The molecule has 0 heterocycles. The van der Waals surface area contributed by atoms with Gasteiger partial charge in [-0.25, -0.2) is 4.79 Å². The third-order valence-electron chi connectivity index (χ3n) is 2.84. The summed E-state index contributed by atoms with van der Waals surface area (Å²) in [5, 5.41) is 0. The van der Waals surface area contributed by atoms with Crippen LogP contribution in [0, 0.1) is 0 Å². The molecule has 0 aliphatic carbocycles. The molecule has 0 unspecified atom stereocenters. The summed E-state index contributed by atoms with van der Waals surface area (Å²) in [6.45, 7) is 0. The van der Waals surface area contributed by atoms with Crippen LogP contribution in [0.5, 0.6) is 5.75 Å². The van der Waals surface area contributed by atoms with E-state index in [9.17, 15) is 14.4 Å². The van der Waals surface area contributed by atoms with Crippen LogP contribution in [0.4, 0.5) is 0 Å². The number of benzene rings is 1. The summed E-state index contributed by atoms with van der Waals surface area (Å²) < 4.78 is 19.1. The second-order valence-corrected chi connectivity index (χ2v) is 4.27. The number of rotatable bonds is 7.